The van der Waals surface area contributed by atoms with Gasteiger partial charge < -0.3 is 21.5 Å². The van der Waals surface area contributed by atoms with Crippen LogP contribution in [-0.2, 0) is 4.79 Å². The Morgan fingerprint density at radius 3 is 2.74 bits per heavy atom. The van der Waals surface area contributed by atoms with Gasteiger partial charge in [-0.15, -0.1) is 0 Å². The summed E-state index contributed by atoms with van der Waals surface area (Å²) in [5, 5.41) is 17.0. The van der Waals surface area contributed by atoms with E-state index in [-0.39, 0.29) is 23.4 Å². The summed E-state index contributed by atoms with van der Waals surface area (Å²) in [7, 11) is 1.67. The maximum absolute atomic E-state index is 12.2. The Balaban J connectivity index is 2.40. The minimum atomic E-state index is -0.390. The number of nitrogens with two attached hydrogens (primary N) is 1. The molecule has 0 spiro atoms. The molecule has 6 nitrogen and oxygen atoms in total. The van der Waals surface area contributed by atoms with Gasteiger partial charge in [0.05, 0.1) is 6.04 Å². The van der Waals surface area contributed by atoms with Crippen molar-refractivity contribution in [3.8, 4) is 5.75 Å². The minimum Gasteiger partial charge on any atom is -0.505 e. The highest BCUT2D eigenvalue weighted by atomic mass is 16.3. The van der Waals surface area contributed by atoms with E-state index >= 15 is 0 Å². The molecule has 1 aromatic heterocycles. The van der Waals surface area contributed by atoms with Gasteiger partial charge in [-0.1, -0.05) is 32.0 Å². The molecule has 0 aliphatic heterocycles. The molecule has 1 atom stereocenters. The second kappa shape index (κ2) is 7.00. The van der Waals surface area contributed by atoms with E-state index in [0.717, 1.165) is 5.39 Å². The molecule has 1 heterocycles. The van der Waals surface area contributed by atoms with Gasteiger partial charge in [-0.3, -0.25) is 9.78 Å². The van der Waals surface area contributed by atoms with Gasteiger partial charge in [0, 0.05) is 30.4 Å². The van der Waals surface area contributed by atoms with Gasteiger partial charge in [-0.05, 0) is 12.0 Å². The van der Waals surface area contributed by atoms with Crippen LogP contribution in [0.25, 0.3) is 10.9 Å². The van der Waals surface area contributed by atoms with Crippen LogP contribution < -0.4 is 16.4 Å². The van der Waals surface area contributed by atoms with Gasteiger partial charge in [0.2, 0.25) is 0 Å². The number of fused-ring (bicyclic) bond motifs is 1. The van der Waals surface area contributed by atoms with Gasteiger partial charge in [-0.25, -0.2) is 0 Å². The molecule has 1 unspecified atom stereocenters. The summed E-state index contributed by atoms with van der Waals surface area (Å²) < 4.78 is 0. The molecule has 2 rings (SSSR count). The number of pyridine rings is 1. The van der Waals surface area contributed by atoms with Crippen molar-refractivity contribution < 1.29 is 9.90 Å². The van der Waals surface area contributed by atoms with Crippen LogP contribution in [0.2, 0.25) is 0 Å². The number of phenolic OH excluding ortho intramolecular Hbond substituents is 1. The van der Waals surface area contributed by atoms with E-state index in [1.807, 2.05) is 38.1 Å². The number of nitrogens with zero attached hydrogens (tertiary/aromatic N) is 1. The molecule has 1 aromatic carbocycles. The van der Waals surface area contributed by atoms with Gasteiger partial charge in [0.25, 0.3) is 5.91 Å². The van der Waals surface area contributed by atoms with Crippen molar-refractivity contribution in [2.45, 2.75) is 19.9 Å². The maximum Gasteiger partial charge on any atom is 0.269 e. The third-order valence-corrected chi connectivity index (χ3v) is 3.63. The lowest BCUT2D eigenvalue weighted by molar-refractivity contribution is -0.118. The lowest BCUT2D eigenvalue weighted by Crippen LogP contribution is -2.35. The predicted octanol–water partition coefficient (Wildman–Crippen LogP) is 1.77. The third-order valence-electron chi connectivity index (χ3n) is 3.63. The van der Waals surface area contributed by atoms with Crippen LogP contribution in [-0.4, -0.2) is 23.0 Å². The average Bonchev–Trinajstić information content (AvgIpc) is 2.53. The van der Waals surface area contributed by atoms with Crippen molar-refractivity contribution in [2.75, 3.05) is 7.05 Å². The minimum absolute atomic E-state index is 0.0633. The zero-order valence-corrected chi connectivity index (χ0v) is 13.5. The van der Waals surface area contributed by atoms with E-state index in [4.69, 9.17) is 5.73 Å². The quantitative estimate of drug-likeness (QED) is 0.630. The van der Waals surface area contributed by atoms with Crippen molar-refractivity contribution in [1.82, 2.24) is 15.6 Å². The number of carbonyl (C=O) groups excluding carboxylic acids is 1. The lowest BCUT2D eigenvalue weighted by atomic mass is 9.94. The molecule has 2 aromatic rings. The Hall–Kier alpha value is -2.76. The first-order chi connectivity index (χ1) is 11.0. The van der Waals surface area contributed by atoms with Gasteiger partial charge in [0.15, 0.2) is 0 Å². The smallest absolute Gasteiger partial charge is 0.269 e. The first-order valence-electron chi connectivity index (χ1n) is 7.46. The summed E-state index contributed by atoms with van der Waals surface area (Å²) in [5.41, 5.74) is 6.91. The fourth-order valence-corrected chi connectivity index (χ4v) is 2.45. The zero-order valence-electron chi connectivity index (χ0n) is 13.5. The van der Waals surface area contributed by atoms with Crippen LogP contribution in [0, 0.1) is 5.92 Å². The monoisotopic (exact) mass is 314 g/mol. The molecular formula is C17H22N4O2. The molecule has 122 valence electrons. The van der Waals surface area contributed by atoms with Crippen LogP contribution in [0.1, 0.15) is 25.5 Å². The summed E-state index contributed by atoms with van der Waals surface area (Å²) in [5.74, 6) is -0.245. The number of hydrogen-bond acceptors (Lipinski definition) is 5. The number of carbonyl (C=O) groups is 1. The normalized spacial score (nSPS) is 13.1. The Morgan fingerprint density at radius 1 is 1.35 bits per heavy atom. The maximum atomic E-state index is 12.2. The predicted molar refractivity (Wildman–Crippen MR) is 90.5 cm³/mol. The number of benzene rings is 1. The Morgan fingerprint density at radius 2 is 2.09 bits per heavy atom. The highest BCUT2D eigenvalue weighted by molar-refractivity contribution is 5.93. The summed E-state index contributed by atoms with van der Waals surface area (Å²) in [6.45, 7) is 3.93. The highest BCUT2D eigenvalue weighted by Gasteiger charge is 2.23. The summed E-state index contributed by atoms with van der Waals surface area (Å²) in [6.07, 6.45) is 3.05. The van der Waals surface area contributed by atoms with Crippen LogP contribution in [0.4, 0.5) is 0 Å². The molecule has 0 fully saturated rings. The van der Waals surface area contributed by atoms with Crippen molar-refractivity contribution in [3.05, 3.63) is 47.9 Å². The van der Waals surface area contributed by atoms with E-state index in [2.05, 4.69) is 15.6 Å². The summed E-state index contributed by atoms with van der Waals surface area (Å²) in [4.78, 5) is 16.4. The number of nitrogens with one attached hydrogen (secondary N) is 2. The van der Waals surface area contributed by atoms with Crippen LogP contribution in [0.3, 0.4) is 0 Å². The lowest BCUT2D eigenvalue weighted by Gasteiger charge is -2.24. The van der Waals surface area contributed by atoms with E-state index in [1.165, 1.54) is 6.20 Å². The topological polar surface area (TPSA) is 100 Å². The second-order valence-electron chi connectivity index (χ2n) is 5.66. The number of rotatable bonds is 5. The Labute approximate surface area is 135 Å². The highest BCUT2D eigenvalue weighted by Crippen LogP contribution is 2.34. The first-order valence-corrected chi connectivity index (χ1v) is 7.46. The van der Waals surface area contributed by atoms with Gasteiger partial charge in [-0.2, -0.15) is 0 Å². The van der Waals surface area contributed by atoms with Crippen molar-refractivity contribution >= 4 is 16.8 Å². The molecule has 0 aliphatic carbocycles. The van der Waals surface area contributed by atoms with E-state index < -0.39 is 5.91 Å². The van der Waals surface area contributed by atoms with E-state index in [9.17, 15) is 9.90 Å². The standard InChI is InChI=1S/C17H22N4O2/c1-10(2)14(21-17(23)13(18)9-19-3)12-7-6-11-5-4-8-20-15(11)16(12)22/h4-10,14,19,22H,18H2,1-3H3,(H,21,23)/b13-9-. The molecule has 0 aliphatic rings. The van der Waals surface area contributed by atoms with Crippen molar-refractivity contribution in [2.24, 2.45) is 11.7 Å². The van der Waals surface area contributed by atoms with Gasteiger partial charge >= 0.3 is 0 Å². The molecule has 5 N–H and O–H groups in total. The number of hydrogen-bond donors (Lipinski definition) is 4. The molecule has 0 bridgehead atoms. The molecule has 0 radical (unpaired) electrons. The largest absolute Gasteiger partial charge is 0.505 e. The van der Waals surface area contributed by atoms with Crippen LogP contribution >= 0.6 is 0 Å². The first kappa shape index (κ1) is 16.6. The number of aromatic hydroxyl groups is 1. The van der Waals surface area contributed by atoms with E-state index in [0.29, 0.717) is 11.1 Å². The van der Waals surface area contributed by atoms with Crippen LogP contribution in [0.5, 0.6) is 5.75 Å². The van der Waals surface area contributed by atoms with E-state index in [1.54, 1.807) is 13.2 Å². The van der Waals surface area contributed by atoms with Crippen LogP contribution in [0.15, 0.2) is 42.4 Å². The number of amides is 1. The fraction of sp³-hybridized carbons (Fsp3) is 0.294. The molecular weight excluding hydrogens is 292 g/mol. The Kier molecular flexibility index (Phi) is 5.05. The molecule has 6 heteroatoms. The SMILES string of the molecule is CN/C=C(\N)C(=O)NC(c1ccc2cccnc2c1O)C(C)C. The molecule has 0 saturated carbocycles. The van der Waals surface area contributed by atoms with Crippen molar-refractivity contribution in [3.63, 3.8) is 0 Å². The molecule has 1 amide bonds. The molecule has 0 saturated heterocycles. The summed E-state index contributed by atoms with van der Waals surface area (Å²) in [6, 6.07) is 7.00. The van der Waals surface area contributed by atoms with Gasteiger partial charge in [0.1, 0.15) is 17.0 Å². The zero-order chi connectivity index (χ0) is 17.0. The third kappa shape index (κ3) is 3.53. The Bertz CT molecular complexity index is 740. The number of phenols is 1. The molecule has 23 heavy (non-hydrogen) atoms. The second-order valence-corrected chi connectivity index (χ2v) is 5.66. The average molecular weight is 314 g/mol. The fourth-order valence-electron chi connectivity index (χ4n) is 2.45. The van der Waals surface area contributed by atoms with Crippen molar-refractivity contribution in [1.29, 1.82) is 0 Å². The summed E-state index contributed by atoms with van der Waals surface area (Å²) >= 11 is 0. The number of aromatic nitrogens is 1.